The second kappa shape index (κ2) is 15.2. The number of carbonyl (C=O) groups is 1. The number of rotatable bonds is 13. The zero-order valence-electron chi connectivity index (χ0n) is 23.1. The van der Waals surface area contributed by atoms with Crippen molar-refractivity contribution in [1.82, 2.24) is 4.72 Å². The van der Waals surface area contributed by atoms with Crippen molar-refractivity contribution < 1.29 is 112 Å². The van der Waals surface area contributed by atoms with Gasteiger partial charge in [-0.2, -0.15) is 30.0 Å². The lowest BCUT2D eigenvalue weighted by Crippen LogP contribution is -2.69. The van der Waals surface area contributed by atoms with Gasteiger partial charge in [-0.05, 0) is 0 Å². The molecule has 29 heteroatoms. The quantitative estimate of drug-likeness (QED) is 0.0776. The number of aliphatic hydroxyl groups excluding tert-OH is 6. The number of nitrogens with two attached hydrogens (primary N) is 1. The van der Waals surface area contributed by atoms with Crippen molar-refractivity contribution in [3.63, 3.8) is 0 Å². The highest BCUT2D eigenvalue weighted by Gasteiger charge is 2.56. The van der Waals surface area contributed by atoms with Crippen LogP contribution in [0.5, 0.6) is 0 Å². The molecule has 3 fully saturated rings. The van der Waals surface area contributed by atoms with Gasteiger partial charge in [-0.1, -0.05) is 0 Å². The van der Waals surface area contributed by atoms with Crippen molar-refractivity contribution in [1.29, 1.82) is 0 Å². The average molecular weight is 757 g/mol. The van der Waals surface area contributed by atoms with E-state index in [1.165, 1.54) is 4.72 Å². The van der Waals surface area contributed by atoms with Gasteiger partial charge in [0.1, 0.15) is 61.0 Å². The Morgan fingerprint density at radius 1 is 0.745 bits per heavy atom. The second-order valence-electron chi connectivity index (χ2n) is 10.1. The standard InChI is InChI=1S/C18H32N2O24S3/c19-5-12(44-47(35,36)37)11(3(1-21)39-16(5)28)41-18-10(25)9(24)13(14(43-18)15(26)27)42-17-6(20-45(29,30)31)8(23)7(22)4(40-17)2-38-46(32,33)34/h3-14,16-18,20-25,28H,1-2,19H2,(H,26,27)(H,29,30,31)(H,32,33,34)(H,35,36,37)/t3-,4-,5-,6-,7-,8-,9-,10-,11-,12-,13+,14+,16+,17-,18-/m1/s1. The summed E-state index contributed by atoms with van der Waals surface area (Å²) in [6.07, 6.45) is -28.9. The Labute approximate surface area is 264 Å². The Kier molecular flexibility index (Phi) is 13.0. The summed E-state index contributed by atoms with van der Waals surface area (Å²) in [6.45, 7) is -2.34. The van der Waals surface area contributed by atoms with E-state index in [9.17, 15) is 70.3 Å². The van der Waals surface area contributed by atoms with E-state index >= 15 is 0 Å². The molecule has 0 bridgehead atoms. The van der Waals surface area contributed by atoms with E-state index in [2.05, 4.69) is 8.37 Å². The van der Waals surface area contributed by atoms with Crippen LogP contribution in [0.2, 0.25) is 0 Å². The minimum absolute atomic E-state index is 1.07. The molecule has 0 aromatic carbocycles. The maximum atomic E-state index is 12.2. The first-order chi connectivity index (χ1) is 21.4. The molecule has 0 unspecified atom stereocenters. The highest BCUT2D eigenvalue weighted by atomic mass is 32.3. The lowest BCUT2D eigenvalue weighted by atomic mass is 9.95. The molecule has 47 heavy (non-hydrogen) atoms. The van der Waals surface area contributed by atoms with Crippen LogP contribution in [0.1, 0.15) is 0 Å². The summed E-state index contributed by atoms with van der Waals surface area (Å²) in [5, 5.41) is 71.8. The third-order valence-electron chi connectivity index (χ3n) is 6.86. The highest BCUT2D eigenvalue weighted by molar-refractivity contribution is 7.83. The number of aliphatic hydroxyl groups is 6. The first-order valence-electron chi connectivity index (χ1n) is 12.7. The molecular weight excluding hydrogens is 724 g/mol. The molecule has 276 valence electrons. The molecule has 3 rings (SSSR count). The van der Waals surface area contributed by atoms with Crippen LogP contribution in [0.25, 0.3) is 0 Å². The van der Waals surface area contributed by atoms with Crippen molar-refractivity contribution in [2.75, 3.05) is 13.2 Å². The molecule has 26 nitrogen and oxygen atoms in total. The van der Waals surface area contributed by atoms with Crippen LogP contribution in [0, 0.1) is 0 Å². The third-order valence-corrected chi connectivity index (χ3v) is 8.33. The Morgan fingerprint density at radius 3 is 1.85 bits per heavy atom. The van der Waals surface area contributed by atoms with E-state index in [1.807, 2.05) is 0 Å². The summed E-state index contributed by atoms with van der Waals surface area (Å²) in [6, 6.07) is -4.09. The molecule has 0 aromatic heterocycles. The Balaban J connectivity index is 1.92. The first kappa shape index (κ1) is 40.0. The van der Waals surface area contributed by atoms with Crippen molar-refractivity contribution in [3.05, 3.63) is 0 Å². The van der Waals surface area contributed by atoms with Crippen LogP contribution >= 0.6 is 0 Å². The Hall–Kier alpha value is -1.40. The summed E-state index contributed by atoms with van der Waals surface area (Å²) in [7, 11) is -15.8. The molecule has 3 aliphatic heterocycles. The van der Waals surface area contributed by atoms with Crippen LogP contribution in [-0.2, 0) is 67.9 Å². The first-order valence-corrected chi connectivity index (χ1v) is 16.9. The van der Waals surface area contributed by atoms with E-state index in [-0.39, 0.29) is 0 Å². The SMILES string of the molecule is N[C@@H]1[C@@H](OS(=O)(=O)O)[C@H](O[C@@H]2O[C@H](C(=O)O)[C@@H](O[C@H]3O[C@H](COS(=O)(=O)O)[C@@H](O)[C@H](O)[C@H]3NS(=O)(=O)O)[C@H](O)[C@H]2O)[C@@H](CO)O[C@@H]1O. The zero-order chi connectivity index (χ0) is 35.8. The van der Waals surface area contributed by atoms with E-state index in [0.717, 1.165) is 0 Å². The van der Waals surface area contributed by atoms with E-state index in [0.29, 0.717) is 0 Å². The van der Waals surface area contributed by atoms with Crippen LogP contribution in [-0.4, -0.2) is 186 Å². The van der Waals surface area contributed by atoms with Crippen LogP contribution < -0.4 is 10.5 Å². The van der Waals surface area contributed by atoms with E-state index in [4.69, 9.17) is 38.5 Å². The van der Waals surface area contributed by atoms with Gasteiger partial charge < -0.3 is 65.2 Å². The van der Waals surface area contributed by atoms with E-state index in [1.54, 1.807) is 0 Å². The van der Waals surface area contributed by atoms with Crippen molar-refractivity contribution in [2.24, 2.45) is 5.73 Å². The predicted molar refractivity (Wildman–Crippen MR) is 137 cm³/mol. The summed E-state index contributed by atoms with van der Waals surface area (Å²) in [5.74, 6) is -2.01. The molecular formula is C18H32N2O24S3. The monoisotopic (exact) mass is 756 g/mol. The molecule has 13 N–H and O–H groups in total. The van der Waals surface area contributed by atoms with Gasteiger partial charge in [0.2, 0.25) is 0 Å². The molecule has 0 aliphatic carbocycles. The van der Waals surface area contributed by atoms with Crippen LogP contribution in [0.15, 0.2) is 0 Å². The minimum atomic E-state index is -5.35. The maximum Gasteiger partial charge on any atom is 0.397 e. The summed E-state index contributed by atoms with van der Waals surface area (Å²) in [5.41, 5.74) is 5.66. The Morgan fingerprint density at radius 2 is 1.34 bits per heavy atom. The fourth-order valence-corrected chi connectivity index (χ4v) is 6.18. The zero-order valence-corrected chi connectivity index (χ0v) is 25.5. The fourth-order valence-electron chi connectivity index (χ4n) is 4.76. The number of hydrogen-bond acceptors (Lipinski definition) is 21. The summed E-state index contributed by atoms with van der Waals surface area (Å²) >= 11 is 0. The largest absolute Gasteiger partial charge is 0.479 e. The van der Waals surface area contributed by atoms with Crippen molar-refractivity contribution in [2.45, 2.75) is 92.0 Å². The van der Waals surface area contributed by atoms with Crippen molar-refractivity contribution >= 4 is 37.1 Å². The number of ether oxygens (including phenoxy) is 5. The summed E-state index contributed by atoms with van der Waals surface area (Å²) < 4.78 is 131. The highest BCUT2D eigenvalue weighted by Crippen LogP contribution is 2.33. The average Bonchev–Trinajstić information content (AvgIpc) is 2.93. The fraction of sp³-hybridized carbons (Fsp3) is 0.944. The number of aliphatic carboxylic acids is 1. The molecule has 0 spiro atoms. The van der Waals surface area contributed by atoms with Gasteiger partial charge in [-0.3, -0.25) is 13.7 Å². The smallest absolute Gasteiger partial charge is 0.397 e. The second-order valence-corrected chi connectivity index (χ2v) is 13.4. The van der Waals surface area contributed by atoms with Crippen LogP contribution in [0.4, 0.5) is 0 Å². The molecule has 15 atom stereocenters. The van der Waals surface area contributed by atoms with E-state index < -0.39 is 142 Å². The maximum absolute atomic E-state index is 12.2. The topological polar surface area (TPSA) is 424 Å². The lowest BCUT2D eigenvalue weighted by molar-refractivity contribution is -0.359. The van der Waals surface area contributed by atoms with Gasteiger partial charge in [-0.25, -0.2) is 13.2 Å². The van der Waals surface area contributed by atoms with Crippen molar-refractivity contribution in [3.8, 4) is 0 Å². The number of hydrogen-bond donors (Lipinski definition) is 12. The lowest BCUT2D eigenvalue weighted by Gasteiger charge is -2.48. The van der Waals surface area contributed by atoms with Gasteiger partial charge >= 0.3 is 37.1 Å². The summed E-state index contributed by atoms with van der Waals surface area (Å²) in [4.78, 5) is 12.2. The number of carboxylic acid groups (broad SMARTS) is 1. The van der Waals surface area contributed by atoms with Gasteiger partial charge in [0.05, 0.1) is 19.3 Å². The third kappa shape index (κ3) is 10.3. The molecule has 0 amide bonds. The molecule has 0 aromatic rings. The Bertz CT molecular complexity index is 1410. The van der Waals surface area contributed by atoms with Crippen LogP contribution in [0.3, 0.4) is 0 Å². The molecule has 3 heterocycles. The number of carboxylic acids is 1. The van der Waals surface area contributed by atoms with Gasteiger partial charge in [0.25, 0.3) is 0 Å². The minimum Gasteiger partial charge on any atom is -0.479 e. The number of nitrogens with one attached hydrogen (secondary N) is 1. The van der Waals surface area contributed by atoms with Gasteiger partial charge in [0, 0.05) is 0 Å². The molecule has 0 saturated carbocycles. The normalized spacial score (nSPS) is 42.2. The molecule has 0 radical (unpaired) electrons. The van der Waals surface area contributed by atoms with Gasteiger partial charge in [0.15, 0.2) is 25.0 Å². The molecule has 3 aliphatic rings. The predicted octanol–water partition coefficient (Wildman–Crippen LogP) is -8.46. The van der Waals surface area contributed by atoms with Gasteiger partial charge in [-0.15, -0.1) is 0 Å². The molecule has 3 saturated heterocycles.